The summed E-state index contributed by atoms with van der Waals surface area (Å²) in [6, 6.07) is 8.08. The molecule has 1 unspecified atom stereocenters. The van der Waals surface area contributed by atoms with Crippen LogP contribution < -0.4 is 16.0 Å². The normalized spacial score (nSPS) is 20.4. The van der Waals surface area contributed by atoms with E-state index in [9.17, 15) is 5.11 Å². The molecule has 0 spiro atoms. The third-order valence-corrected chi connectivity index (χ3v) is 5.50. The monoisotopic (exact) mass is 402 g/mol. The Labute approximate surface area is 175 Å². The van der Waals surface area contributed by atoms with Gasteiger partial charge < -0.3 is 26.5 Å². The van der Waals surface area contributed by atoms with E-state index in [1.807, 2.05) is 24.3 Å². The molecule has 1 fully saturated rings. The maximum absolute atomic E-state index is 10.3. The Balaban J connectivity index is 1.57. The van der Waals surface area contributed by atoms with Gasteiger partial charge in [-0.3, -0.25) is 0 Å². The molecule has 7 nitrogen and oxygen atoms in total. The Morgan fingerprint density at radius 3 is 2.83 bits per heavy atom. The zero-order valence-corrected chi connectivity index (χ0v) is 17.0. The summed E-state index contributed by atoms with van der Waals surface area (Å²) in [6.45, 7) is 7.99. The van der Waals surface area contributed by atoms with Crippen LogP contribution >= 0.6 is 0 Å². The third-order valence-electron chi connectivity index (χ3n) is 5.50. The van der Waals surface area contributed by atoms with Gasteiger partial charge in [-0.1, -0.05) is 13.5 Å². The number of hydrogen-bond donors (Lipinski definition) is 4. The molecule has 2 aliphatic rings. The molecule has 1 aliphatic heterocycles. The first-order valence-electron chi connectivity index (χ1n) is 10.1. The number of nitrogens with one attached hydrogen (secondary N) is 2. The number of nitrogens with two attached hydrogens (primary N) is 1. The number of aliphatic hydroxyl groups is 1. The van der Waals surface area contributed by atoms with Gasteiger partial charge in [-0.2, -0.15) is 0 Å². The molecule has 7 heteroatoms. The van der Waals surface area contributed by atoms with Crippen molar-refractivity contribution in [1.82, 2.24) is 15.3 Å². The van der Waals surface area contributed by atoms with Crippen LogP contribution in [0.25, 0.3) is 16.6 Å². The van der Waals surface area contributed by atoms with Crippen molar-refractivity contribution in [2.24, 2.45) is 5.73 Å². The highest BCUT2D eigenvalue weighted by molar-refractivity contribution is 6.13. The number of allylic oxidation sites excluding steroid dienone is 5. The molecular weight excluding hydrogens is 376 g/mol. The van der Waals surface area contributed by atoms with Crippen LogP contribution in [0.2, 0.25) is 0 Å². The van der Waals surface area contributed by atoms with Crippen molar-refractivity contribution < 1.29 is 5.11 Å². The average molecular weight is 403 g/mol. The highest BCUT2D eigenvalue weighted by atomic mass is 16.3. The summed E-state index contributed by atoms with van der Waals surface area (Å²) in [6.07, 6.45) is 6.40. The minimum Gasteiger partial charge on any atom is -0.507 e. The Kier molecular flexibility index (Phi) is 5.27. The maximum Gasteiger partial charge on any atom is 0.129 e. The summed E-state index contributed by atoms with van der Waals surface area (Å²) in [5.74, 6) is 0.941. The second-order valence-corrected chi connectivity index (χ2v) is 7.56. The van der Waals surface area contributed by atoms with Gasteiger partial charge in [0, 0.05) is 48.3 Å². The minimum atomic E-state index is 0.00584. The van der Waals surface area contributed by atoms with Gasteiger partial charge in [-0.15, -0.1) is 0 Å². The van der Waals surface area contributed by atoms with Crippen LogP contribution in [0.3, 0.4) is 0 Å². The SMILES string of the molecule is C=C(CC)NC1CCN(c2ccc3nc(C4=C/C(=C/N)C(=N)C=C4O)ccc3n2)C1. The molecule has 3 heterocycles. The quantitative estimate of drug-likeness (QED) is 0.610. The standard InChI is InChI=1S/C23H26N6O/c1-3-14(2)26-16-8-9-29(13-16)23-7-6-20-21(28-23)5-4-19(27-20)17-10-15(12-24)18(25)11-22(17)30/h4-7,10-12,16,25-26,30H,2-3,8-9,13,24H2,1H3/b15-12-,25-18?. The Morgan fingerprint density at radius 2 is 2.07 bits per heavy atom. The lowest BCUT2D eigenvalue weighted by Gasteiger charge is -2.19. The lowest BCUT2D eigenvalue weighted by atomic mass is 9.96. The number of rotatable bonds is 5. The summed E-state index contributed by atoms with van der Waals surface area (Å²) in [5, 5.41) is 21.6. The lowest BCUT2D eigenvalue weighted by molar-refractivity contribution is 0.438. The van der Waals surface area contributed by atoms with Crippen molar-refractivity contribution in [3.63, 3.8) is 0 Å². The fraction of sp³-hybridized carbons (Fsp3) is 0.261. The molecule has 30 heavy (non-hydrogen) atoms. The molecule has 0 bridgehead atoms. The van der Waals surface area contributed by atoms with E-state index in [4.69, 9.17) is 16.1 Å². The zero-order valence-electron chi connectivity index (χ0n) is 17.0. The van der Waals surface area contributed by atoms with Gasteiger partial charge in [0.15, 0.2) is 0 Å². The van der Waals surface area contributed by atoms with Crippen molar-refractivity contribution >= 4 is 28.1 Å². The van der Waals surface area contributed by atoms with Crippen LogP contribution in [0.4, 0.5) is 5.82 Å². The number of aromatic nitrogens is 2. The van der Waals surface area contributed by atoms with Gasteiger partial charge in [0.25, 0.3) is 0 Å². The average Bonchev–Trinajstić information content (AvgIpc) is 3.21. The summed E-state index contributed by atoms with van der Waals surface area (Å²) in [7, 11) is 0. The molecule has 5 N–H and O–H groups in total. The topological polar surface area (TPSA) is 111 Å². The van der Waals surface area contributed by atoms with Crippen molar-refractivity contribution in [2.45, 2.75) is 25.8 Å². The van der Waals surface area contributed by atoms with Crippen molar-refractivity contribution in [2.75, 3.05) is 18.0 Å². The molecule has 0 radical (unpaired) electrons. The van der Waals surface area contributed by atoms with Gasteiger partial charge >= 0.3 is 0 Å². The fourth-order valence-electron chi connectivity index (χ4n) is 3.75. The number of aliphatic hydroxyl groups excluding tert-OH is 1. The fourth-order valence-corrected chi connectivity index (χ4v) is 3.75. The molecule has 154 valence electrons. The Hall–Kier alpha value is -3.61. The van der Waals surface area contributed by atoms with Crippen molar-refractivity contribution in [1.29, 1.82) is 5.41 Å². The number of hydrogen-bond acceptors (Lipinski definition) is 7. The van der Waals surface area contributed by atoms with E-state index in [2.05, 4.69) is 28.7 Å². The summed E-state index contributed by atoms with van der Waals surface area (Å²) in [5.41, 5.74) is 10.1. The third kappa shape index (κ3) is 3.78. The highest BCUT2D eigenvalue weighted by Gasteiger charge is 2.24. The van der Waals surface area contributed by atoms with E-state index >= 15 is 0 Å². The predicted molar refractivity (Wildman–Crippen MR) is 121 cm³/mol. The van der Waals surface area contributed by atoms with E-state index in [0.29, 0.717) is 22.9 Å². The first kappa shape index (κ1) is 19.7. The number of nitrogens with zero attached hydrogens (tertiary/aromatic N) is 3. The molecule has 1 saturated heterocycles. The second kappa shape index (κ2) is 8.02. The van der Waals surface area contributed by atoms with E-state index < -0.39 is 0 Å². The number of fused-ring (bicyclic) bond motifs is 1. The number of anilines is 1. The molecule has 4 rings (SSSR count). The maximum atomic E-state index is 10.3. The van der Waals surface area contributed by atoms with Crippen LogP contribution in [0, 0.1) is 5.41 Å². The van der Waals surface area contributed by atoms with E-state index in [0.717, 1.165) is 48.5 Å². The first-order valence-corrected chi connectivity index (χ1v) is 10.1. The summed E-state index contributed by atoms with van der Waals surface area (Å²) < 4.78 is 0. The molecule has 1 aliphatic carbocycles. The lowest BCUT2D eigenvalue weighted by Crippen LogP contribution is -2.31. The van der Waals surface area contributed by atoms with Crippen LogP contribution in [-0.2, 0) is 0 Å². The van der Waals surface area contributed by atoms with Gasteiger partial charge in [-0.25, -0.2) is 9.97 Å². The molecule has 0 amide bonds. The van der Waals surface area contributed by atoms with Crippen LogP contribution in [0.1, 0.15) is 25.5 Å². The molecule has 0 saturated carbocycles. The predicted octanol–water partition coefficient (Wildman–Crippen LogP) is 3.42. The van der Waals surface area contributed by atoms with E-state index in [1.165, 1.54) is 12.3 Å². The molecule has 1 atom stereocenters. The zero-order chi connectivity index (χ0) is 21.3. The Bertz CT molecular complexity index is 1110. The highest BCUT2D eigenvalue weighted by Crippen LogP contribution is 2.28. The molecule has 2 aromatic heterocycles. The summed E-state index contributed by atoms with van der Waals surface area (Å²) >= 11 is 0. The van der Waals surface area contributed by atoms with Gasteiger partial charge in [0.2, 0.25) is 0 Å². The molecular formula is C23H26N6O. The second-order valence-electron chi connectivity index (χ2n) is 7.56. The van der Waals surface area contributed by atoms with Crippen LogP contribution in [0.15, 0.2) is 66.2 Å². The summed E-state index contributed by atoms with van der Waals surface area (Å²) in [4.78, 5) is 11.7. The van der Waals surface area contributed by atoms with Gasteiger partial charge in [-0.05, 0) is 43.2 Å². The van der Waals surface area contributed by atoms with Crippen LogP contribution in [0.5, 0.6) is 0 Å². The smallest absolute Gasteiger partial charge is 0.129 e. The largest absolute Gasteiger partial charge is 0.507 e. The van der Waals surface area contributed by atoms with Crippen molar-refractivity contribution in [3.05, 3.63) is 71.9 Å². The minimum absolute atomic E-state index is 0.00584. The Morgan fingerprint density at radius 1 is 1.30 bits per heavy atom. The molecule has 0 aromatic carbocycles. The van der Waals surface area contributed by atoms with Crippen molar-refractivity contribution in [3.8, 4) is 0 Å². The van der Waals surface area contributed by atoms with Gasteiger partial charge in [0.05, 0.1) is 22.4 Å². The van der Waals surface area contributed by atoms with Gasteiger partial charge in [0.1, 0.15) is 11.6 Å². The van der Waals surface area contributed by atoms with Crippen LogP contribution in [-0.4, -0.2) is 39.9 Å². The first-order chi connectivity index (χ1) is 14.5. The number of pyridine rings is 2. The van der Waals surface area contributed by atoms with E-state index in [1.54, 1.807) is 6.08 Å². The van der Waals surface area contributed by atoms with E-state index in [-0.39, 0.29) is 11.5 Å². The molecule has 2 aromatic rings.